The van der Waals surface area contributed by atoms with Gasteiger partial charge in [0.15, 0.2) is 0 Å². The number of hydrogen-bond acceptors (Lipinski definition) is 4. The molecule has 4 rings (SSSR count). The van der Waals surface area contributed by atoms with Crippen molar-refractivity contribution in [1.29, 1.82) is 0 Å². The van der Waals surface area contributed by atoms with Gasteiger partial charge < -0.3 is 10.2 Å². The molecule has 2 fully saturated rings. The lowest BCUT2D eigenvalue weighted by Gasteiger charge is -2.32. The zero-order valence-electron chi connectivity index (χ0n) is 13.9. The van der Waals surface area contributed by atoms with Gasteiger partial charge in [-0.25, -0.2) is 4.79 Å². The minimum Gasteiger partial charge on any atom is -0.422 e. The summed E-state index contributed by atoms with van der Waals surface area (Å²) in [5.74, 6) is 0. The zero-order chi connectivity index (χ0) is 16.2. The Bertz CT molecular complexity index is 816. The Balaban J connectivity index is 1.63. The molecule has 1 saturated heterocycles. The molecule has 2 heterocycles. The lowest BCUT2D eigenvalue weighted by molar-refractivity contribution is 0.163. The summed E-state index contributed by atoms with van der Waals surface area (Å²) < 4.78 is 5.44. The third-order valence-corrected chi connectivity index (χ3v) is 5.76. The minimum atomic E-state index is -0.253. The number of rotatable bonds is 2. The molecule has 0 amide bonds. The van der Waals surface area contributed by atoms with E-state index < -0.39 is 0 Å². The largest absolute Gasteiger partial charge is 0.422 e. The van der Waals surface area contributed by atoms with Crippen molar-refractivity contribution >= 4 is 11.0 Å². The van der Waals surface area contributed by atoms with E-state index in [9.17, 15) is 4.79 Å². The van der Waals surface area contributed by atoms with E-state index >= 15 is 0 Å². The Morgan fingerprint density at radius 3 is 2.61 bits per heavy atom. The molecule has 122 valence electrons. The zero-order valence-corrected chi connectivity index (χ0v) is 13.9. The van der Waals surface area contributed by atoms with Crippen LogP contribution < -0.4 is 11.4 Å². The fourth-order valence-corrected chi connectivity index (χ4v) is 4.16. The summed E-state index contributed by atoms with van der Waals surface area (Å²) in [5, 5.41) is 1.07. The number of nitrogens with two attached hydrogens (primary N) is 1. The molecule has 1 aromatic heterocycles. The minimum absolute atomic E-state index is 0.253. The first kappa shape index (κ1) is 14.9. The standard InChI is InChI=1S/C19H24N2O2/c1-12-7-13(2)18-15(8-12)14(9-17(22)23-18)11-21-5-3-19(4-6-21)10-16(19)20/h7-9,16H,3-6,10-11,20H2,1-2H3. The van der Waals surface area contributed by atoms with Crippen molar-refractivity contribution in [3.05, 3.63) is 45.3 Å². The van der Waals surface area contributed by atoms with Crippen LogP contribution in [0, 0.1) is 19.3 Å². The van der Waals surface area contributed by atoms with Crippen molar-refractivity contribution in [2.24, 2.45) is 11.1 Å². The third-order valence-electron chi connectivity index (χ3n) is 5.76. The smallest absolute Gasteiger partial charge is 0.336 e. The second kappa shape index (κ2) is 5.18. The monoisotopic (exact) mass is 312 g/mol. The van der Waals surface area contributed by atoms with E-state index in [1.807, 2.05) is 6.92 Å². The molecule has 2 aliphatic rings. The summed E-state index contributed by atoms with van der Waals surface area (Å²) >= 11 is 0. The van der Waals surface area contributed by atoms with Crippen LogP contribution >= 0.6 is 0 Å². The van der Waals surface area contributed by atoms with E-state index in [-0.39, 0.29) is 5.63 Å². The second-order valence-electron chi connectivity index (χ2n) is 7.50. The number of likely N-dealkylation sites (tertiary alicyclic amines) is 1. The molecule has 23 heavy (non-hydrogen) atoms. The Labute approximate surface area is 136 Å². The first-order chi connectivity index (χ1) is 11.0. The van der Waals surface area contributed by atoms with Crippen LogP contribution in [0.3, 0.4) is 0 Å². The molecule has 1 saturated carbocycles. The molecule has 4 heteroatoms. The summed E-state index contributed by atoms with van der Waals surface area (Å²) in [7, 11) is 0. The number of benzene rings is 1. The van der Waals surface area contributed by atoms with Gasteiger partial charge in [-0.05, 0) is 74.4 Å². The summed E-state index contributed by atoms with van der Waals surface area (Å²) in [6.45, 7) is 7.04. The number of hydrogen-bond donors (Lipinski definition) is 1. The van der Waals surface area contributed by atoms with E-state index in [1.54, 1.807) is 6.07 Å². The molecule has 1 atom stereocenters. The van der Waals surface area contributed by atoms with E-state index in [2.05, 4.69) is 24.0 Å². The van der Waals surface area contributed by atoms with Gasteiger partial charge >= 0.3 is 5.63 Å². The maximum absolute atomic E-state index is 11.9. The molecule has 1 aromatic carbocycles. The van der Waals surface area contributed by atoms with Crippen molar-refractivity contribution in [1.82, 2.24) is 4.90 Å². The predicted molar refractivity (Wildman–Crippen MR) is 91.5 cm³/mol. The quantitative estimate of drug-likeness (QED) is 0.866. The van der Waals surface area contributed by atoms with Gasteiger partial charge in [0, 0.05) is 24.0 Å². The maximum atomic E-state index is 11.9. The van der Waals surface area contributed by atoms with Crippen LogP contribution in [-0.2, 0) is 6.54 Å². The second-order valence-corrected chi connectivity index (χ2v) is 7.50. The van der Waals surface area contributed by atoms with E-state index in [0.29, 0.717) is 11.5 Å². The molecule has 0 radical (unpaired) electrons. The van der Waals surface area contributed by atoms with E-state index in [4.69, 9.17) is 10.2 Å². The van der Waals surface area contributed by atoms with Gasteiger partial charge in [-0.15, -0.1) is 0 Å². The molecule has 2 aromatic rings. The molecule has 0 bridgehead atoms. The third kappa shape index (κ3) is 2.60. The molecule has 1 spiro atoms. The molecular formula is C19H24N2O2. The average molecular weight is 312 g/mol. The Morgan fingerprint density at radius 1 is 1.26 bits per heavy atom. The van der Waals surface area contributed by atoms with Gasteiger partial charge in [-0.3, -0.25) is 4.90 Å². The molecule has 1 aliphatic carbocycles. The highest BCUT2D eigenvalue weighted by atomic mass is 16.4. The van der Waals surface area contributed by atoms with Crippen molar-refractivity contribution < 1.29 is 4.42 Å². The molecule has 1 unspecified atom stereocenters. The highest BCUT2D eigenvalue weighted by Crippen LogP contribution is 2.52. The van der Waals surface area contributed by atoms with Gasteiger partial charge in [0.25, 0.3) is 0 Å². The lowest BCUT2D eigenvalue weighted by Crippen LogP contribution is -2.36. The van der Waals surface area contributed by atoms with E-state index in [1.165, 1.54) is 24.8 Å². The summed E-state index contributed by atoms with van der Waals surface area (Å²) in [6.07, 6.45) is 3.56. The van der Waals surface area contributed by atoms with Gasteiger partial charge in [-0.2, -0.15) is 0 Å². The van der Waals surface area contributed by atoms with Crippen molar-refractivity contribution in [3.8, 4) is 0 Å². The summed E-state index contributed by atoms with van der Waals surface area (Å²) in [6, 6.07) is 6.27. The number of aryl methyl sites for hydroxylation is 2. The van der Waals surface area contributed by atoms with Crippen LogP contribution in [0.15, 0.2) is 27.4 Å². The van der Waals surface area contributed by atoms with Crippen molar-refractivity contribution in [2.75, 3.05) is 13.1 Å². The molecular weight excluding hydrogens is 288 g/mol. The van der Waals surface area contributed by atoms with Crippen molar-refractivity contribution in [2.45, 2.75) is 45.7 Å². The highest BCUT2D eigenvalue weighted by molar-refractivity contribution is 5.83. The number of piperidine rings is 1. The van der Waals surface area contributed by atoms with Crippen LogP contribution in [-0.4, -0.2) is 24.0 Å². The topological polar surface area (TPSA) is 59.5 Å². The van der Waals surface area contributed by atoms with Crippen molar-refractivity contribution in [3.63, 3.8) is 0 Å². The molecule has 2 N–H and O–H groups in total. The Hall–Kier alpha value is -1.65. The van der Waals surface area contributed by atoms with Gasteiger partial charge in [0.1, 0.15) is 5.58 Å². The van der Waals surface area contributed by atoms with Crippen LogP contribution in [0.25, 0.3) is 11.0 Å². The van der Waals surface area contributed by atoms with Gasteiger partial charge in [0.2, 0.25) is 0 Å². The highest BCUT2D eigenvalue weighted by Gasteiger charge is 2.52. The Morgan fingerprint density at radius 2 is 1.96 bits per heavy atom. The van der Waals surface area contributed by atoms with Crippen LogP contribution in [0.2, 0.25) is 0 Å². The van der Waals surface area contributed by atoms with E-state index in [0.717, 1.165) is 41.7 Å². The first-order valence-corrected chi connectivity index (χ1v) is 8.49. The van der Waals surface area contributed by atoms with Crippen LogP contribution in [0.4, 0.5) is 0 Å². The number of nitrogens with zero attached hydrogens (tertiary/aromatic N) is 1. The predicted octanol–water partition coefficient (Wildman–Crippen LogP) is 2.72. The fourth-order valence-electron chi connectivity index (χ4n) is 4.16. The van der Waals surface area contributed by atoms with Crippen LogP contribution in [0.1, 0.15) is 36.0 Å². The lowest BCUT2D eigenvalue weighted by atomic mass is 9.92. The Kier molecular flexibility index (Phi) is 3.36. The fraction of sp³-hybridized carbons (Fsp3) is 0.526. The van der Waals surface area contributed by atoms with Gasteiger partial charge in [0.05, 0.1) is 0 Å². The normalized spacial score (nSPS) is 23.5. The molecule has 1 aliphatic heterocycles. The summed E-state index contributed by atoms with van der Waals surface area (Å²) in [4.78, 5) is 14.4. The first-order valence-electron chi connectivity index (χ1n) is 8.49. The SMILES string of the molecule is Cc1cc(C)c2oc(=O)cc(CN3CCC4(CC3)CC4N)c2c1. The van der Waals surface area contributed by atoms with Crippen LogP contribution in [0.5, 0.6) is 0 Å². The maximum Gasteiger partial charge on any atom is 0.336 e. The summed E-state index contributed by atoms with van der Waals surface area (Å²) in [5.41, 5.74) is 10.3. The van der Waals surface area contributed by atoms with Gasteiger partial charge in [-0.1, -0.05) is 6.07 Å². The molecule has 4 nitrogen and oxygen atoms in total. The average Bonchev–Trinajstić information content (AvgIpc) is 3.12. The number of fused-ring (bicyclic) bond motifs is 1.